The van der Waals surface area contributed by atoms with Gasteiger partial charge >= 0.3 is 0 Å². The fourth-order valence-electron chi connectivity index (χ4n) is 3.77. The first-order chi connectivity index (χ1) is 14.9. The van der Waals surface area contributed by atoms with E-state index in [-0.39, 0.29) is 11.4 Å². The van der Waals surface area contributed by atoms with Crippen molar-refractivity contribution in [2.24, 2.45) is 4.99 Å². The van der Waals surface area contributed by atoms with E-state index in [9.17, 15) is 9.90 Å². The van der Waals surface area contributed by atoms with Gasteiger partial charge in [-0.25, -0.2) is 4.57 Å². The van der Waals surface area contributed by atoms with Gasteiger partial charge in [0.15, 0.2) is 0 Å². The molecule has 0 spiro atoms. The number of aromatic nitrogens is 1. The van der Waals surface area contributed by atoms with Crippen LogP contribution in [-0.2, 0) is 0 Å². The molecule has 0 bridgehead atoms. The average molecular weight is 412 g/mol. The molecule has 0 radical (unpaired) electrons. The number of rotatable bonds is 4. The van der Waals surface area contributed by atoms with Crippen molar-refractivity contribution in [3.8, 4) is 17.3 Å². The minimum absolute atomic E-state index is 0.146. The van der Waals surface area contributed by atoms with Crippen molar-refractivity contribution in [1.29, 1.82) is 0 Å². The maximum atomic E-state index is 13.4. The Morgan fingerprint density at radius 3 is 2.42 bits per heavy atom. The topological polar surface area (TPSA) is 63.8 Å². The van der Waals surface area contributed by atoms with E-state index in [4.69, 9.17) is 4.74 Å². The molecule has 0 unspecified atom stereocenters. The second-order valence-electron chi connectivity index (χ2n) is 7.62. The van der Waals surface area contributed by atoms with Gasteiger partial charge in [-0.15, -0.1) is 0 Å². The van der Waals surface area contributed by atoms with Crippen molar-refractivity contribution >= 4 is 22.7 Å². The highest BCUT2D eigenvalue weighted by Gasteiger charge is 2.18. The summed E-state index contributed by atoms with van der Waals surface area (Å²) < 4.78 is 6.68. The molecule has 5 heteroatoms. The number of fused-ring (bicyclic) bond motifs is 1. The van der Waals surface area contributed by atoms with Gasteiger partial charge in [-0.05, 0) is 62.2 Å². The number of ether oxygens (including phenoxy) is 1. The van der Waals surface area contributed by atoms with Crippen molar-refractivity contribution in [2.75, 3.05) is 7.11 Å². The molecule has 0 fully saturated rings. The number of aryl methyl sites for hydroxylation is 3. The number of methoxy groups -OCH3 is 1. The molecule has 0 aliphatic carbocycles. The Kier molecular flexibility index (Phi) is 5.34. The lowest BCUT2D eigenvalue weighted by molar-refractivity contribution is 0.415. The summed E-state index contributed by atoms with van der Waals surface area (Å²) in [5.41, 5.74) is 4.58. The first-order valence-electron chi connectivity index (χ1n) is 10.0. The van der Waals surface area contributed by atoms with E-state index >= 15 is 0 Å². The lowest BCUT2D eigenvalue weighted by Crippen LogP contribution is -2.21. The normalized spacial score (nSPS) is 11.4. The summed E-state index contributed by atoms with van der Waals surface area (Å²) in [6.07, 6.45) is 1.62. The predicted octanol–water partition coefficient (Wildman–Crippen LogP) is 5.38. The molecule has 0 amide bonds. The van der Waals surface area contributed by atoms with Gasteiger partial charge in [0.1, 0.15) is 5.75 Å². The van der Waals surface area contributed by atoms with Crippen LogP contribution >= 0.6 is 0 Å². The Morgan fingerprint density at radius 1 is 0.935 bits per heavy atom. The van der Waals surface area contributed by atoms with Crippen molar-refractivity contribution in [3.63, 3.8) is 0 Å². The molecule has 1 heterocycles. The number of hydrogen-bond donors (Lipinski definition) is 1. The maximum Gasteiger partial charge on any atom is 0.265 e. The SMILES string of the molecule is COc1ccc2c(C=Nc3ccccc3C)c(O)n(-c3ccc(C)cc3C)c(=O)c2c1. The minimum Gasteiger partial charge on any atom is -0.497 e. The average Bonchev–Trinajstić information content (AvgIpc) is 2.76. The number of pyridine rings is 1. The van der Waals surface area contributed by atoms with Crippen LogP contribution in [-0.4, -0.2) is 23.0 Å². The van der Waals surface area contributed by atoms with Crippen LogP contribution in [0.4, 0.5) is 5.69 Å². The molecular formula is C26H24N2O3. The molecule has 31 heavy (non-hydrogen) atoms. The van der Waals surface area contributed by atoms with Gasteiger partial charge in [-0.1, -0.05) is 35.9 Å². The summed E-state index contributed by atoms with van der Waals surface area (Å²) in [5, 5.41) is 12.3. The molecule has 0 atom stereocenters. The van der Waals surface area contributed by atoms with Gasteiger partial charge in [-0.2, -0.15) is 0 Å². The van der Waals surface area contributed by atoms with E-state index < -0.39 is 0 Å². The smallest absolute Gasteiger partial charge is 0.265 e. The molecule has 1 N–H and O–H groups in total. The number of nitrogens with zero attached hydrogens (tertiary/aromatic N) is 2. The highest BCUT2D eigenvalue weighted by Crippen LogP contribution is 2.30. The summed E-state index contributed by atoms with van der Waals surface area (Å²) in [4.78, 5) is 18.0. The Hall–Kier alpha value is -3.86. The number of aromatic hydroxyl groups is 1. The van der Waals surface area contributed by atoms with Gasteiger partial charge in [0.25, 0.3) is 5.56 Å². The van der Waals surface area contributed by atoms with Crippen LogP contribution in [0.3, 0.4) is 0 Å². The summed E-state index contributed by atoms with van der Waals surface area (Å²) in [6, 6.07) is 18.8. The van der Waals surface area contributed by atoms with Crippen molar-refractivity contribution in [1.82, 2.24) is 4.57 Å². The summed E-state index contributed by atoms with van der Waals surface area (Å²) in [5.74, 6) is 0.427. The van der Waals surface area contributed by atoms with Crippen LogP contribution in [0.15, 0.2) is 70.5 Å². The van der Waals surface area contributed by atoms with Gasteiger partial charge in [0.05, 0.1) is 29.4 Å². The maximum absolute atomic E-state index is 13.4. The zero-order chi connectivity index (χ0) is 22.1. The first kappa shape index (κ1) is 20.4. The minimum atomic E-state index is -0.314. The van der Waals surface area contributed by atoms with E-state index in [0.717, 1.165) is 22.4 Å². The van der Waals surface area contributed by atoms with E-state index in [1.165, 1.54) is 4.57 Å². The number of para-hydroxylation sites is 1. The Balaban J connectivity index is 2.05. The van der Waals surface area contributed by atoms with Crippen molar-refractivity contribution in [3.05, 3.63) is 93.3 Å². The Morgan fingerprint density at radius 2 is 1.71 bits per heavy atom. The van der Waals surface area contributed by atoms with Crippen LogP contribution in [0.2, 0.25) is 0 Å². The molecule has 5 nitrogen and oxygen atoms in total. The van der Waals surface area contributed by atoms with Crippen LogP contribution < -0.4 is 10.3 Å². The summed E-state index contributed by atoms with van der Waals surface area (Å²) >= 11 is 0. The third-order valence-electron chi connectivity index (χ3n) is 5.44. The molecule has 0 saturated carbocycles. The van der Waals surface area contributed by atoms with Crippen LogP contribution in [0.5, 0.6) is 11.6 Å². The van der Waals surface area contributed by atoms with Crippen molar-refractivity contribution < 1.29 is 9.84 Å². The fourth-order valence-corrected chi connectivity index (χ4v) is 3.77. The number of hydrogen-bond acceptors (Lipinski definition) is 4. The van der Waals surface area contributed by atoms with E-state index in [2.05, 4.69) is 4.99 Å². The van der Waals surface area contributed by atoms with Crippen molar-refractivity contribution in [2.45, 2.75) is 20.8 Å². The van der Waals surface area contributed by atoms with E-state index in [0.29, 0.717) is 27.8 Å². The van der Waals surface area contributed by atoms with Gasteiger partial charge in [0, 0.05) is 11.6 Å². The highest BCUT2D eigenvalue weighted by molar-refractivity contribution is 6.03. The monoisotopic (exact) mass is 412 g/mol. The molecule has 1 aromatic heterocycles. The van der Waals surface area contributed by atoms with E-state index in [1.54, 1.807) is 31.5 Å². The molecule has 4 aromatic rings. The number of benzene rings is 3. The second kappa shape index (κ2) is 8.11. The lowest BCUT2D eigenvalue weighted by Gasteiger charge is -2.16. The standard InChI is InChI=1S/C26H24N2O3/c1-16-9-12-24(18(3)13-16)28-25(29)21-14-19(31-4)10-11-20(21)22(26(28)30)15-27-23-8-6-5-7-17(23)2/h5-15,30H,1-4H3. The molecule has 0 saturated heterocycles. The largest absolute Gasteiger partial charge is 0.497 e. The molecular weight excluding hydrogens is 388 g/mol. The fraction of sp³-hybridized carbons (Fsp3) is 0.154. The third-order valence-corrected chi connectivity index (χ3v) is 5.44. The number of aliphatic imine (C=N–C) groups is 1. The van der Waals surface area contributed by atoms with Crippen LogP contribution in [0, 0.1) is 20.8 Å². The van der Waals surface area contributed by atoms with Gasteiger partial charge in [-0.3, -0.25) is 9.79 Å². The molecule has 0 aliphatic heterocycles. The summed E-state index contributed by atoms with van der Waals surface area (Å²) in [7, 11) is 1.56. The third kappa shape index (κ3) is 3.70. The van der Waals surface area contributed by atoms with Gasteiger partial charge in [0.2, 0.25) is 5.88 Å². The first-order valence-corrected chi connectivity index (χ1v) is 10.0. The predicted molar refractivity (Wildman–Crippen MR) is 126 cm³/mol. The zero-order valence-corrected chi connectivity index (χ0v) is 18.0. The highest BCUT2D eigenvalue weighted by atomic mass is 16.5. The molecule has 0 aliphatic rings. The molecule has 3 aromatic carbocycles. The lowest BCUT2D eigenvalue weighted by atomic mass is 10.0. The second-order valence-corrected chi connectivity index (χ2v) is 7.62. The van der Waals surface area contributed by atoms with E-state index in [1.807, 2.05) is 63.2 Å². The zero-order valence-electron chi connectivity index (χ0n) is 18.0. The summed E-state index contributed by atoms with van der Waals surface area (Å²) in [6.45, 7) is 5.89. The Labute approximate surface area is 180 Å². The molecule has 4 rings (SSSR count). The quantitative estimate of drug-likeness (QED) is 0.458. The van der Waals surface area contributed by atoms with Gasteiger partial charge < -0.3 is 9.84 Å². The van der Waals surface area contributed by atoms with Crippen LogP contribution in [0.1, 0.15) is 22.3 Å². The van der Waals surface area contributed by atoms with Crippen LogP contribution in [0.25, 0.3) is 16.5 Å². The Bertz CT molecular complexity index is 1380. The molecule has 156 valence electrons.